The summed E-state index contributed by atoms with van der Waals surface area (Å²) in [5.41, 5.74) is 5.26. The Morgan fingerprint density at radius 3 is 2.12 bits per heavy atom. The van der Waals surface area contributed by atoms with Gasteiger partial charge in [-0.15, -0.1) is 0 Å². The lowest BCUT2D eigenvalue weighted by atomic mass is 9.86. The van der Waals surface area contributed by atoms with E-state index in [4.69, 9.17) is 11.6 Å². The van der Waals surface area contributed by atoms with E-state index in [0.29, 0.717) is 6.04 Å². The van der Waals surface area contributed by atoms with Gasteiger partial charge in [-0.3, -0.25) is 9.69 Å². The van der Waals surface area contributed by atoms with Crippen molar-refractivity contribution in [1.82, 2.24) is 4.90 Å². The molecule has 3 nitrogen and oxygen atoms in total. The van der Waals surface area contributed by atoms with Gasteiger partial charge in [0.2, 0.25) is 5.91 Å². The van der Waals surface area contributed by atoms with Crippen molar-refractivity contribution in [3.63, 3.8) is 0 Å². The monoisotopic (exact) mass is 472 g/mol. The average molecular weight is 473 g/mol. The summed E-state index contributed by atoms with van der Waals surface area (Å²) < 4.78 is 0. The van der Waals surface area contributed by atoms with Crippen molar-refractivity contribution in [2.45, 2.75) is 45.2 Å². The topological polar surface area (TPSA) is 32.3 Å². The fraction of sp³-hybridized carbons (Fsp3) is 0.300. The van der Waals surface area contributed by atoms with Gasteiger partial charge >= 0.3 is 0 Å². The van der Waals surface area contributed by atoms with Crippen LogP contribution in [0.15, 0.2) is 78.9 Å². The van der Waals surface area contributed by atoms with Gasteiger partial charge < -0.3 is 5.32 Å². The summed E-state index contributed by atoms with van der Waals surface area (Å²) in [6.45, 7) is 3.33. The van der Waals surface area contributed by atoms with E-state index in [1.807, 2.05) is 54.6 Å². The standard InChI is InChI=1S/C30H33ClN2O/c1-22-3-18-29(19-4-22)33(2)21-24-7-5-23(6-8-24)9-20-30(34)32-28-16-12-26(13-17-28)25-10-14-27(31)15-11-25/h5-17,20,22,29H,3-4,18-19,21H2,1-2H3,(H,32,34)/b20-9+. The Morgan fingerprint density at radius 2 is 1.50 bits per heavy atom. The minimum atomic E-state index is -0.144. The molecule has 3 aromatic rings. The molecule has 34 heavy (non-hydrogen) atoms. The van der Waals surface area contributed by atoms with Gasteiger partial charge in [-0.25, -0.2) is 0 Å². The minimum Gasteiger partial charge on any atom is -0.323 e. The average Bonchev–Trinajstić information content (AvgIpc) is 2.85. The fourth-order valence-corrected chi connectivity index (χ4v) is 4.70. The predicted molar refractivity (Wildman–Crippen MR) is 144 cm³/mol. The maximum atomic E-state index is 12.4. The number of amides is 1. The van der Waals surface area contributed by atoms with Gasteiger partial charge in [-0.1, -0.05) is 67.1 Å². The van der Waals surface area contributed by atoms with Crippen molar-refractivity contribution in [2.75, 3.05) is 12.4 Å². The molecule has 0 heterocycles. The van der Waals surface area contributed by atoms with Crippen LogP contribution >= 0.6 is 11.6 Å². The van der Waals surface area contributed by atoms with E-state index in [1.165, 1.54) is 31.2 Å². The number of hydrogen-bond donors (Lipinski definition) is 1. The molecule has 1 fully saturated rings. The smallest absolute Gasteiger partial charge is 0.248 e. The predicted octanol–water partition coefficient (Wildman–Crippen LogP) is 7.67. The maximum absolute atomic E-state index is 12.4. The number of nitrogens with zero attached hydrogens (tertiary/aromatic N) is 1. The zero-order chi connectivity index (χ0) is 23.9. The first-order valence-corrected chi connectivity index (χ1v) is 12.5. The minimum absolute atomic E-state index is 0.144. The first-order chi connectivity index (χ1) is 16.5. The molecule has 4 rings (SSSR count). The van der Waals surface area contributed by atoms with Gasteiger partial charge in [-0.2, -0.15) is 0 Å². The second-order valence-corrected chi connectivity index (χ2v) is 9.91. The molecule has 1 amide bonds. The van der Waals surface area contributed by atoms with Gasteiger partial charge in [0.1, 0.15) is 0 Å². The fourth-order valence-electron chi connectivity index (χ4n) is 4.58. The third kappa shape index (κ3) is 6.82. The van der Waals surface area contributed by atoms with Crippen molar-refractivity contribution in [3.8, 4) is 11.1 Å². The van der Waals surface area contributed by atoms with Crippen LogP contribution in [0.5, 0.6) is 0 Å². The highest BCUT2D eigenvalue weighted by atomic mass is 35.5. The molecule has 1 aliphatic rings. The zero-order valence-corrected chi connectivity index (χ0v) is 20.8. The molecular formula is C30H33ClN2O. The number of rotatable bonds is 7. The van der Waals surface area contributed by atoms with Gasteiger partial charge in [0.25, 0.3) is 0 Å². The Hall–Kier alpha value is -2.88. The van der Waals surface area contributed by atoms with E-state index in [2.05, 4.69) is 48.5 Å². The van der Waals surface area contributed by atoms with Gasteiger partial charge in [-0.05, 0) is 91.2 Å². The number of benzene rings is 3. The van der Waals surface area contributed by atoms with E-state index in [0.717, 1.165) is 39.9 Å². The Labute approximate surface area is 208 Å². The molecule has 0 saturated heterocycles. The largest absolute Gasteiger partial charge is 0.323 e. The van der Waals surface area contributed by atoms with Crippen LogP contribution in [0.1, 0.15) is 43.7 Å². The third-order valence-electron chi connectivity index (χ3n) is 6.78. The van der Waals surface area contributed by atoms with Crippen LogP contribution < -0.4 is 5.32 Å². The van der Waals surface area contributed by atoms with E-state index in [1.54, 1.807) is 6.08 Å². The Morgan fingerprint density at radius 1 is 0.912 bits per heavy atom. The SMILES string of the molecule is CC1CCC(N(C)Cc2ccc(/C=C/C(=O)Nc3ccc(-c4ccc(Cl)cc4)cc3)cc2)CC1. The van der Waals surface area contributed by atoms with Crippen molar-refractivity contribution in [2.24, 2.45) is 5.92 Å². The van der Waals surface area contributed by atoms with Crippen molar-refractivity contribution in [1.29, 1.82) is 0 Å². The highest BCUT2D eigenvalue weighted by molar-refractivity contribution is 6.30. The Balaban J connectivity index is 1.27. The van der Waals surface area contributed by atoms with Crippen LogP contribution in [-0.2, 0) is 11.3 Å². The van der Waals surface area contributed by atoms with Crippen LogP contribution in [-0.4, -0.2) is 23.9 Å². The third-order valence-corrected chi connectivity index (χ3v) is 7.03. The van der Waals surface area contributed by atoms with Crippen molar-refractivity contribution in [3.05, 3.63) is 95.0 Å². The maximum Gasteiger partial charge on any atom is 0.248 e. The number of hydrogen-bond acceptors (Lipinski definition) is 2. The lowest BCUT2D eigenvalue weighted by molar-refractivity contribution is -0.111. The highest BCUT2D eigenvalue weighted by Gasteiger charge is 2.21. The summed E-state index contributed by atoms with van der Waals surface area (Å²) in [5, 5.41) is 3.64. The molecule has 3 aromatic carbocycles. The molecule has 0 aliphatic heterocycles. The highest BCUT2D eigenvalue weighted by Crippen LogP contribution is 2.27. The Bertz CT molecular complexity index is 1100. The molecule has 0 radical (unpaired) electrons. The second-order valence-electron chi connectivity index (χ2n) is 9.48. The molecule has 1 saturated carbocycles. The Kier molecular flexibility index (Phi) is 8.21. The summed E-state index contributed by atoms with van der Waals surface area (Å²) in [7, 11) is 2.24. The molecule has 4 heteroatoms. The number of carbonyl (C=O) groups is 1. The summed E-state index contributed by atoms with van der Waals surface area (Å²) in [5.74, 6) is 0.733. The molecule has 0 aromatic heterocycles. The number of nitrogens with one attached hydrogen (secondary N) is 1. The van der Waals surface area contributed by atoms with Gasteiger partial charge in [0.15, 0.2) is 0 Å². The summed E-state index contributed by atoms with van der Waals surface area (Å²) in [6.07, 6.45) is 8.72. The van der Waals surface area contributed by atoms with Gasteiger partial charge in [0, 0.05) is 29.4 Å². The first-order valence-electron chi connectivity index (χ1n) is 12.1. The summed E-state index contributed by atoms with van der Waals surface area (Å²) >= 11 is 5.96. The van der Waals surface area contributed by atoms with E-state index >= 15 is 0 Å². The molecule has 0 bridgehead atoms. The van der Waals surface area contributed by atoms with E-state index in [9.17, 15) is 4.79 Å². The van der Waals surface area contributed by atoms with Crippen LogP contribution in [0.3, 0.4) is 0 Å². The molecular weight excluding hydrogens is 440 g/mol. The molecule has 176 valence electrons. The first kappa shape index (κ1) is 24.3. The summed E-state index contributed by atoms with van der Waals surface area (Å²) in [6, 6.07) is 24.7. The quantitative estimate of drug-likeness (QED) is 0.358. The van der Waals surface area contributed by atoms with Gasteiger partial charge in [0.05, 0.1) is 0 Å². The van der Waals surface area contributed by atoms with Crippen LogP contribution in [0, 0.1) is 5.92 Å². The van der Waals surface area contributed by atoms with Crippen LogP contribution in [0.4, 0.5) is 5.69 Å². The second kappa shape index (κ2) is 11.5. The van der Waals surface area contributed by atoms with E-state index in [-0.39, 0.29) is 5.91 Å². The van der Waals surface area contributed by atoms with E-state index < -0.39 is 0 Å². The zero-order valence-electron chi connectivity index (χ0n) is 20.0. The number of carbonyl (C=O) groups excluding carboxylic acids is 1. The molecule has 0 spiro atoms. The lowest BCUT2D eigenvalue weighted by Gasteiger charge is -2.33. The van der Waals surface area contributed by atoms with Crippen molar-refractivity contribution >= 4 is 29.3 Å². The summed E-state index contributed by atoms with van der Waals surface area (Å²) in [4.78, 5) is 14.9. The molecule has 1 aliphatic carbocycles. The van der Waals surface area contributed by atoms with Crippen LogP contribution in [0.2, 0.25) is 5.02 Å². The molecule has 0 atom stereocenters. The lowest BCUT2D eigenvalue weighted by Crippen LogP contribution is -2.34. The molecule has 1 N–H and O–H groups in total. The van der Waals surface area contributed by atoms with Crippen molar-refractivity contribution < 1.29 is 4.79 Å². The normalized spacial score (nSPS) is 18.4. The number of anilines is 1. The van der Waals surface area contributed by atoms with Crippen LogP contribution in [0.25, 0.3) is 17.2 Å². The molecule has 0 unspecified atom stereocenters. The number of halogens is 1.